The van der Waals surface area contributed by atoms with E-state index in [9.17, 15) is 0 Å². The lowest BCUT2D eigenvalue weighted by molar-refractivity contribution is 0.309. The average molecular weight is 368 g/mol. The van der Waals surface area contributed by atoms with Gasteiger partial charge in [0.1, 0.15) is 5.75 Å². The first kappa shape index (κ1) is 16.4. The molecule has 1 nitrogen and oxygen atoms in total. The van der Waals surface area contributed by atoms with Crippen LogP contribution in [0.4, 0.5) is 0 Å². The smallest absolute Gasteiger partial charge is 0.119 e. The second kappa shape index (κ2) is 8.45. The normalized spacial score (nSPS) is 12.1. The van der Waals surface area contributed by atoms with E-state index in [0.717, 1.165) is 36.6 Å². The summed E-state index contributed by atoms with van der Waals surface area (Å²) in [6.07, 6.45) is 3.16. The number of benzene rings is 2. The minimum atomic E-state index is 0.278. The van der Waals surface area contributed by atoms with E-state index in [4.69, 9.17) is 16.3 Å². The molecule has 0 bridgehead atoms. The number of rotatable bonds is 7. The Hall–Kier alpha value is -0.990. The highest BCUT2D eigenvalue weighted by atomic mass is 79.9. The van der Waals surface area contributed by atoms with E-state index in [1.165, 1.54) is 11.1 Å². The van der Waals surface area contributed by atoms with Gasteiger partial charge in [-0.05, 0) is 48.2 Å². The van der Waals surface area contributed by atoms with E-state index in [2.05, 4.69) is 41.1 Å². The lowest BCUT2D eigenvalue weighted by Crippen LogP contribution is -1.98. The number of ether oxygens (including phenoxy) is 1. The molecule has 0 heterocycles. The molecule has 0 saturated heterocycles. The lowest BCUT2D eigenvalue weighted by atomic mass is 10.0. The third-order valence-electron chi connectivity index (χ3n) is 3.31. The molecule has 0 fully saturated rings. The molecule has 0 amide bonds. The van der Waals surface area contributed by atoms with Gasteiger partial charge in [0.2, 0.25) is 0 Å². The van der Waals surface area contributed by atoms with Gasteiger partial charge < -0.3 is 4.74 Å². The Kier molecular flexibility index (Phi) is 6.59. The van der Waals surface area contributed by atoms with E-state index >= 15 is 0 Å². The zero-order valence-corrected chi connectivity index (χ0v) is 14.5. The van der Waals surface area contributed by atoms with Crippen LogP contribution in [0.25, 0.3) is 0 Å². The van der Waals surface area contributed by atoms with E-state index in [1.54, 1.807) is 0 Å². The average Bonchev–Trinajstić information content (AvgIpc) is 2.48. The zero-order valence-electron chi connectivity index (χ0n) is 12.2. The summed E-state index contributed by atoms with van der Waals surface area (Å²) in [5.41, 5.74) is 2.48. The third-order valence-corrected chi connectivity index (χ3v) is 4.40. The first-order chi connectivity index (χ1) is 10.2. The van der Waals surface area contributed by atoms with Crippen LogP contribution in [0.15, 0.2) is 48.5 Å². The summed E-state index contributed by atoms with van der Waals surface area (Å²) >= 11 is 9.78. The minimum Gasteiger partial charge on any atom is -0.494 e. The van der Waals surface area contributed by atoms with Crippen molar-refractivity contribution >= 4 is 27.5 Å². The summed E-state index contributed by atoms with van der Waals surface area (Å²) in [6, 6.07) is 16.3. The van der Waals surface area contributed by atoms with Crippen molar-refractivity contribution in [1.29, 1.82) is 0 Å². The fourth-order valence-electron chi connectivity index (χ4n) is 2.10. The quantitative estimate of drug-likeness (QED) is 0.418. The van der Waals surface area contributed by atoms with Crippen molar-refractivity contribution in [2.24, 2.45) is 0 Å². The standard InChI is InChI=1S/C18H20BrClO/c1-2-3-11-21-17-9-7-15(8-10-17)18(19)13-14-5-4-6-16(20)12-14/h4-10,12,18H,2-3,11,13H2,1H3. The SMILES string of the molecule is CCCCOc1ccc(C(Br)Cc2cccc(Cl)c2)cc1. The van der Waals surface area contributed by atoms with Gasteiger partial charge in [0, 0.05) is 9.85 Å². The van der Waals surface area contributed by atoms with Gasteiger partial charge in [-0.1, -0.05) is 65.1 Å². The maximum absolute atomic E-state index is 6.02. The molecule has 0 aliphatic carbocycles. The van der Waals surface area contributed by atoms with Gasteiger partial charge in [-0.2, -0.15) is 0 Å². The molecular formula is C18H20BrClO. The van der Waals surface area contributed by atoms with E-state index in [1.807, 2.05) is 30.3 Å². The van der Waals surface area contributed by atoms with Crippen LogP contribution in [0.1, 0.15) is 35.7 Å². The number of hydrogen-bond acceptors (Lipinski definition) is 1. The van der Waals surface area contributed by atoms with Crippen molar-refractivity contribution < 1.29 is 4.74 Å². The van der Waals surface area contributed by atoms with Crippen molar-refractivity contribution in [1.82, 2.24) is 0 Å². The molecular weight excluding hydrogens is 348 g/mol. The molecule has 2 rings (SSSR count). The maximum atomic E-state index is 6.02. The molecule has 3 heteroatoms. The Bertz CT molecular complexity index is 553. The van der Waals surface area contributed by atoms with Gasteiger partial charge in [0.25, 0.3) is 0 Å². The minimum absolute atomic E-state index is 0.278. The highest BCUT2D eigenvalue weighted by Crippen LogP contribution is 2.29. The Morgan fingerprint density at radius 3 is 2.57 bits per heavy atom. The number of alkyl halides is 1. The topological polar surface area (TPSA) is 9.23 Å². The Balaban J connectivity index is 1.94. The van der Waals surface area contributed by atoms with Crippen molar-refractivity contribution in [3.05, 3.63) is 64.7 Å². The Morgan fingerprint density at radius 1 is 1.14 bits per heavy atom. The molecule has 0 saturated carbocycles. The van der Waals surface area contributed by atoms with Crippen LogP contribution < -0.4 is 4.74 Å². The van der Waals surface area contributed by atoms with Gasteiger partial charge in [-0.25, -0.2) is 0 Å². The number of unbranched alkanes of at least 4 members (excludes halogenated alkanes) is 1. The lowest BCUT2D eigenvalue weighted by Gasteiger charge is -2.12. The first-order valence-corrected chi connectivity index (χ1v) is 8.59. The fourth-order valence-corrected chi connectivity index (χ4v) is 2.99. The van der Waals surface area contributed by atoms with Gasteiger partial charge in [0.05, 0.1) is 6.61 Å². The predicted octanol–water partition coefficient (Wildman–Crippen LogP) is 6.20. The molecule has 112 valence electrons. The summed E-state index contributed by atoms with van der Waals surface area (Å²) in [5, 5.41) is 0.784. The monoisotopic (exact) mass is 366 g/mol. The van der Waals surface area contributed by atoms with Crippen LogP contribution in [0, 0.1) is 0 Å². The number of halogens is 2. The Morgan fingerprint density at radius 2 is 1.90 bits per heavy atom. The second-order valence-electron chi connectivity index (χ2n) is 5.07. The largest absolute Gasteiger partial charge is 0.494 e. The molecule has 2 aromatic rings. The molecule has 1 atom stereocenters. The molecule has 2 aromatic carbocycles. The highest BCUT2D eigenvalue weighted by molar-refractivity contribution is 9.09. The molecule has 0 spiro atoms. The molecule has 0 aromatic heterocycles. The summed E-state index contributed by atoms with van der Waals surface area (Å²) in [4.78, 5) is 0.278. The van der Waals surface area contributed by atoms with Crippen molar-refractivity contribution in [2.45, 2.75) is 31.0 Å². The van der Waals surface area contributed by atoms with Crippen molar-refractivity contribution in [3.8, 4) is 5.75 Å². The number of hydrogen-bond donors (Lipinski definition) is 0. The summed E-state index contributed by atoms with van der Waals surface area (Å²) < 4.78 is 5.68. The van der Waals surface area contributed by atoms with Gasteiger partial charge in [-0.3, -0.25) is 0 Å². The van der Waals surface area contributed by atoms with Gasteiger partial charge >= 0.3 is 0 Å². The van der Waals surface area contributed by atoms with E-state index in [0.29, 0.717) is 0 Å². The van der Waals surface area contributed by atoms with Crippen molar-refractivity contribution in [3.63, 3.8) is 0 Å². The molecule has 0 N–H and O–H groups in total. The van der Waals surface area contributed by atoms with E-state index in [-0.39, 0.29) is 4.83 Å². The van der Waals surface area contributed by atoms with Crippen molar-refractivity contribution in [2.75, 3.05) is 6.61 Å². The summed E-state index contributed by atoms with van der Waals surface area (Å²) in [6.45, 7) is 2.95. The maximum Gasteiger partial charge on any atom is 0.119 e. The van der Waals surface area contributed by atoms with Crippen LogP contribution in [-0.2, 0) is 6.42 Å². The van der Waals surface area contributed by atoms with Crippen LogP contribution in [0.3, 0.4) is 0 Å². The summed E-state index contributed by atoms with van der Waals surface area (Å²) in [7, 11) is 0. The molecule has 0 aliphatic rings. The van der Waals surface area contributed by atoms with E-state index < -0.39 is 0 Å². The van der Waals surface area contributed by atoms with Crippen LogP contribution >= 0.6 is 27.5 Å². The predicted molar refractivity (Wildman–Crippen MR) is 93.7 cm³/mol. The van der Waals surface area contributed by atoms with Crippen LogP contribution in [0.5, 0.6) is 5.75 Å². The van der Waals surface area contributed by atoms with Gasteiger partial charge in [-0.15, -0.1) is 0 Å². The second-order valence-corrected chi connectivity index (χ2v) is 6.61. The summed E-state index contributed by atoms with van der Waals surface area (Å²) in [5.74, 6) is 0.939. The van der Waals surface area contributed by atoms with Crippen LogP contribution in [0.2, 0.25) is 5.02 Å². The Labute approximate surface area is 140 Å². The van der Waals surface area contributed by atoms with Gasteiger partial charge in [0.15, 0.2) is 0 Å². The fraction of sp³-hybridized carbons (Fsp3) is 0.333. The first-order valence-electron chi connectivity index (χ1n) is 7.30. The molecule has 21 heavy (non-hydrogen) atoms. The molecule has 1 unspecified atom stereocenters. The zero-order chi connectivity index (χ0) is 15.1. The third kappa shape index (κ3) is 5.37. The highest BCUT2D eigenvalue weighted by Gasteiger charge is 2.09. The van der Waals surface area contributed by atoms with Crippen LogP contribution in [-0.4, -0.2) is 6.61 Å². The molecule has 0 radical (unpaired) electrons. The molecule has 0 aliphatic heterocycles.